The number of anilines is 1. The lowest BCUT2D eigenvalue weighted by atomic mass is 10.1. The number of hydrogen-bond donors (Lipinski definition) is 2. The van der Waals surface area contributed by atoms with Crippen LogP contribution in [0.25, 0.3) is 5.65 Å². The minimum Gasteiger partial charge on any atom is -0.365 e. The first-order valence-electron chi connectivity index (χ1n) is 11.0. The van der Waals surface area contributed by atoms with E-state index >= 15 is 0 Å². The van der Waals surface area contributed by atoms with Crippen molar-refractivity contribution in [3.05, 3.63) is 53.0 Å². The van der Waals surface area contributed by atoms with Gasteiger partial charge in [0.2, 0.25) is 5.91 Å². The van der Waals surface area contributed by atoms with Crippen LogP contribution in [0.3, 0.4) is 0 Å². The van der Waals surface area contributed by atoms with Crippen LogP contribution in [-0.2, 0) is 21.1 Å². The normalized spacial score (nSPS) is 14.6. The van der Waals surface area contributed by atoms with Crippen LogP contribution in [0, 0.1) is 13.8 Å². The van der Waals surface area contributed by atoms with Crippen LogP contribution in [0.5, 0.6) is 0 Å². The van der Waals surface area contributed by atoms with Crippen molar-refractivity contribution in [2.75, 3.05) is 5.32 Å². The van der Waals surface area contributed by atoms with E-state index in [2.05, 4.69) is 15.4 Å². The van der Waals surface area contributed by atoms with E-state index in [1.165, 1.54) is 6.20 Å². The number of carbonyl (C=O) groups excluding carboxylic acids is 2. The SMILES string of the molecule is Cc1nc2c(C(N)=O)cnn2c(C)c1CCC(=O)Nc1ccc(S(=O)(=O)C2CCCC2)cc1. The molecular weight excluding hydrogens is 442 g/mol. The molecule has 0 atom stereocenters. The van der Waals surface area contributed by atoms with E-state index in [9.17, 15) is 18.0 Å². The lowest BCUT2D eigenvalue weighted by Gasteiger charge is -2.13. The Morgan fingerprint density at radius 3 is 2.45 bits per heavy atom. The number of carbonyl (C=O) groups is 2. The first-order valence-corrected chi connectivity index (χ1v) is 12.5. The first-order chi connectivity index (χ1) is 15.7. The van der Waals surface area contributed by atoms with Crippen LogP contribution in [0.4, 0.5) is 5.69 Å². The van der Waals surface area contributed by atoms with E-state index in [1.807, 2.05) is 13.8 Å². The molecule has 1 fully saturated rings. The van der Waals surface area contributed by atoms with E-state index in [4.69, 9.17) is 5.73 Å². The fraction of sp³-hybridized carbons (Fsp3) is 0.391. The zero-order valence-electron chi connectivity index (χ0n) is 18.7. The van der Waals surface area contributed by atoms with Gasteiger partial charge in [0.05, 0.1) is 16.3 Å². The number of nitrogens with zero attached hydrogens (tertiary/aromatic N) is 3. The molecule has 0 unspecified atom stereocenters. The third-order valence-corrected chi connectivity index (χ3v) is 8.56. The molecule has 10 heteroatoms. The Morgan fingerprint density at radius 1 is 1.15 bits per heavy atom. The molecule has 3 N–H and O–H groups in total. The molecule has 0 radical (unpaired) electrons. The lowest BCUT2D eigenvalue weighted by Crippen LogP contribution is -2.18. The van der Waals surface area contributed by atoms with Gasteiger partial charge >= 0.3 is 0 Å². The van der Waals surface area contributed by atoms with Crippen LogP contribution < -0.4 is 11.1 Å². The molecule has 1 aromatic carbocycles. The summed E-state index contributed by atoms with van der Waals surface area (Å²) in [5, 5.41) is 6.71. The molecule has 1 saturated carbocycles. The lowest BCUT2D eigenvalue weighted by molar-refractivity contribution is -0.116. The summed E-state index contributed by atoms with van der Waals surface area (Å²) >= 11 is 0. The second-order valence-corrected chi connectivity index (χ2v) is 10.7. The molecule has 0 saturated heterocycles. The van der Waals surface area contributed by atoms with Gasteiger partial charge in [-0.2, -0.15) is 5.10 Å². The third-order valence-electron chi connectivity index (χ3n) is 6.28. The predicted octanol–water partition coefficient (Wildman–Crippen LogP) is 2.73. The van der Waals surface area contributed by atoms with E-state index in [-0.39, 0.29) is 23.1 Å². The standard InChI is InChI=1S/C23H27N5O4S/c1-14-19(15(2)28-23(26-14)20(13-25-28)22(24)30)11-12-21(29)27-16-7-9-18(10-8-16)33(31,32)17-5-3-4-6-17/h7-10,13,17H,3-6,11-12H2,1-2H3,(H2,24,30)(H,27,29). The van der Waals surface area contributed by atoms with Gasteiger partial charge in [-0.15, -0.1) is 0 Å². The van der Waals surface area contributed by atoms with E-state index in [0.717, 1.165) is 24.1 Å². The molecule has 174 valence electrons. The van der Waals surface area contributed by atoms with Crippen LogP contribution in [0.1, 0.15) is 59.4 Å². The molecule has 1 aliphatic carbocycles. The topological polar surface area (TPSA) is 137 Å². The van der Waals surface area contributed by atoms with Crippen molar-refractivity contribution in [2.45, 2.75) is 62.5 Å². The van der Waals surface area contributed by atoms with Crippen molar-refractivity contribution in [1.82, 2.24) is 14.6 Å². The van der Waals surface area contributed by atoms with Gasteiger partial charge in [0.15, 0.2) is 15.5 Å². The molecule has 2 amide bonds. The number of amides is 2. The molecule has 2 aromatic heterocycles. The van der Waals surface area contributed by atoms with Gasteiger partial charge in [0, 0.05) is 23.5 Å². The smallest absolute Gasteiger partial charge is 0.254 e. The van der Waals surface area contributed by atoms with Crippen LogP contribution in [-0.4, -0.2) is 40.1 Å². The number of nitrogens with one attached hydrogen (secondary N) is 1. The average molecular weight is 470 g/mol. The van der Waals surface area contributed by atoms with Crippen molar-refractivity contribution in [1.29, 1.82) is 0 Å². The monoisotopic (exact) mass is 469 g/mol. The molecule has 4 rings (SSSR count). The number of fused-ring (bicyclic) bond motifs is 1. The second-order valence-electron chi connectivity index (χ2n) is 8.44. The number of rotatable bonds is 7. The van der Waals surface area contributed by atoms with Crippen molar-refractivity contribution in [3.63, 3.8) is 0 Å². The van der Waals surface area contributed by atoms with Crippen molar-refractivity contribution in [2.24, 2.45) is 5.73 Å². The zero-order chi connectivity index (χ0) is 23.8. The Hall–Kier alpha value is -3.27. The number of aryl methyl sites for hydroxylation is 2. The van der Waals surface area contributed by atoms with E-state index < -0.39 is 15.7 Å². The highest BCUT2D eigenvalue weighted by molar-refractivity contribution is 7.92. The van der Waals surface area contributed by atoms with Crippen molar-refractivity contribution in [3.8, 4) is 0 Å². The first kappa shape index (κ1) is 22.9. The highest BCUT2D eigenvalue weighted by atomic mass is 32.2. The second kappa shape index (κ2) is 8.93. The number of nitrogens with two attached hydrogens (primary N) is 1. The Balaban J connectivity index is 1.42. The van der Waals surface area contributed by atoms with Gasteiger partial charge in [-0.3, -0.25) is 9.59 Å². The molecule has 33 heavy (non-hydrogen) atoms. The van der Waals surface area contributed by atoms with Crippen molar-refractivity contribution < 1.29 is 18.0 Å². The molecule has 3 aromatic rings. The quantitative estimate of drug-likeness (QED) is 0.546. The van der Waals surface area contributed by atoms with Crippen molar-refractivity contribution >= 4 is 33.0 Å². The molecule has 2 heterocycles. The van der Waals surface area contributed by atoms with Crippen LogP contribution in [0.15, 0.2) is 35.4 Å². The minimum absolute atomic E-state index is 0.196. The Kier molecular flexibility index (Phi) is 6.20. The number of sulfone groups is 1. The molecule has 0 bridgehead atoms. The number of benzene rings is 1. The van der Waals surface area contributed by atoms with Gasteiger partial charge in [-0.25, -0.2) is 17.9 Å². The molecule has 9 nitrogen and oxygen atoms in total. The fourth-order valence-corrected chi connectivity index (χ4v) is 6.28. The molecule has 0 spiro atoms. The summed E-state index contributed by atoms with van der Waals surface area (Å²) in [6.45, 7) is 3.68. The zero-order valence-corrected chi connectivity index (χ0v) is 19.5. The van der Waals surface area contributed by atoms with E-state index in [1.54, 1.807) is 28.8 Å². The Morgan fingerprint density at radius 2 is 1.82 bits per heavy atom. The predicted molar refractivity (Wildman–Crippen MR) is 124 cm³/mol. The average Bonchev–Trinajstić information content (AvgIpc) is 3.44. The van der Waals surface area contributed by atoms with Gasteiger partial charge in [0.25, 0.3) is 5.91 Å². The minimum atomic E-state index is -3.32. The highest BCUT2D eigenvalue weighted by Gasteiger charge is 2.30. The molecular formula is C23H27N5O4S. The summed E-state index contributed by atoms with van der Waals surface area (Å²) in [7, 11) is -3.32. The largest absolute Gasteiger partial charge is 0.365 e. The maximum absolute atomic E-state index is 12.7. The molecule has 1 aliphatic rings. The maximum Gasteiger partial charge on any atom is 0.254 e. The molecule has 0 aliphatic heterocycles. The summed E-state index contributed by atoms with van der Waals surface area (Å²) in [5.41, 5.74) is 8.95. The summed E-state index contributed by atoms with van der Waals surface area (Å²) in [5.74, 6) is -0.788. The van der Waals surface area contributed by atoms with Gasteiger partial charge in [0.1, 0.15) is 5.56 Å². The maximum atomic E-state index is 12.7. The number of aromatic nitrogens is 3. The van der Waals surface area contributed by atoms with Gasteiger partial charge in [-0.05, 0) is 62.9 Å². The van der Waals surface area contributed by atoms with Gasteiger partial charge < -0.3 is 11.1 Å². The Bertz CT molecular complexity index is 1320. The van der Waals surface area contributed by atoms with Gasteiger partial charge in [-0.1, -0.05) is 12.8 Å². The van der Waals surface area contributed by atoms with Crippen LogP contribution in [0.2, 0.25) is 0 Å². The fourth-order valence-electron chi connectivity index (χ4n) is 4.43. The summed E-state index contributed by atoms with van der Waals surface area (Å²) in [4.78, 5) is 28.8. The van der Waals surface area contributed by atoms with Crippen LogP contribution >= 0.6 is 0 Å². The number of primary amides is 1. The highest BCUT2D eigenvalue weighted by Crippen LogP contribution is 2.30. The van der Waals surface area contributed by atoms with E-state index in [0.29, 0.717) is 41.2 Å². The summed E-state index contributed by atoms with van der Waals surface area (Å²) in [6.07, 6.45) is 5.36. The third kappa shape index (κ3) is 4.47. The number of hydrogen-bond acceptors (Lipinski definition) is 6. The summed E-state index contributed by atoms with van der Waals surface area (Å²) < 4.78 is 27.0. The summed E-state index contributed by atoms with van der Waals surface area (Å²) in [6, 6.07) is 6.37. The Labute approximate surface area is 192 Å².